The standard InChI is InChI=1S/C26H28Cl2N2O3S/c1-18-13-19(2)26(20(3)14-18)34(32,33)30(16-22-9-10-23(27)24(28)15-22)17-25(31)29-12-11-21-7-5-4-6-8-21/h4-10,13-15H,11-12,16-17H2,1-3H3,(H,29,31). The zero-order valence-corrected chi connectivity index (χ0v) is 21.8. The maximum absolute atomic E-state index is 13.8. The largest absolute Gasteiger partial charge is 0.355 e. The van der Waals surface area contributed by atoms with Gasteiger partial charge in [0.05, 0.1) is 21.5 Å². The molecule has 0 spiro atoms. The van der Waals surface area contributed by atoms with E-state index in [1.165, 1.54) is 4.31 Å². The average Bonchev–Trinajstić information content (AvgIpc) is 2.75. The van der Waals surface area contributed by atoms with Gasteiger partial charge in [-0.3, -0.25) is 4.79 Å². The van der Waals surface area contributed by atoms with Crippen molar-refractivity contribution >= 4 is 39.1 Å². The molecular weight excluding hydrogens is 491 g/mol. The lowest BCUT2D eigenvalue weighted by Crippen LogP contribution is -2.41. The van der Waals surface area contributed by atoms with Crippen molar-refractivity contribution in [2.24, 2.45) is 0 Å². The number of nitrogens with zero attached hydrogens (tertiary/aromatic N) is 1. The summed E-state index contributed by atoms with van der Waals surface area (Å²) in [5.74, 6) is -0.373. The summed E-state index contributed by atoms with van der Waals surface area (Å²) in [6.45, 7) is 5.53. The van der Waals surface area contributed by atoms with Gasteiger partial charge in [0.2, 0.25) is 15.9 Å². The van der Waals surface area contributed by atoms with E-state index in [1.54, 1.807) is 32.0 Å². The number of hydrogen-bond acceptors (Lipinski definition) is 3. The Kier molecular flexibility index (Phi) is 8.77. The molecule has 3 aromatic rings. The van der Waals surface area contributed by atoms with Crippen LogP contribution in [0.2, 0.25) is 10.0 Å². The molecule has 0 bridgehead atoms. The van der Waals surface area contributed by atoms with Crippen molar-refractivity contribution in [3.63, 3.8) is 0 Å². The van der Waals surface area contributed by atoms with Gasteiger partial charge in [0.15, 0.2) is 0 Å². The number of rotatable bonds is 9. The summed E-state index contributed by atoms with van der Waals surface area (Å²) in [5, 5.41) is 3.54. The van der Waals surface area contributed by atoms with Crippen LogP contribution >= 0.6 is 23.2 Å². The lowest BCUT2D eigenvalue weighted by Gasteiger charge is -2.24. The van der Waals surface area contributed by atoms with Crippen molar-refractivity contribution in [2.75, 3.05) is 13.1 Å². The van der Waals surface area contributed by atoms with Crippen LogP contribution in [0.3, 0.4) is 0 Å². The fraction of sp³-hybridized carbons (Fsp3) is 0.269. The lowest BCUT2D eigenvalue weighted by molar-refractivity contribution is -0.121. The topological polar surface area (TPSA) is 66.5 Å². The van der Waals surface area contributed by atoms with Gasteiger partial charge in [0.25, 0.3) is 0 Å². The number of benzene rings is 3. The highest BCUT2D eigenvalue weighted by molar-refractivity contribution is 7.89. The van der Waals surface area contributed by atoms with Crippen LogP contribution in [0.25, 0.3) is 0 Å². The normalized spacial score (nSPS) is 11.6. The summed E-state index contributed by atoms with van der Waals surface area (Å²) in [5.41, 5.74) is 3.98. The van der Waals surface area contributed by atoms with E-state index < -0.39 is 10.0 Å². The maximum Gasteiger partial charge on any atom is 0.244 e. The summed E-state index contributed by atoms with van der Waals surface area (Å²) >= 11 is 12.2. The Balaban J connectivity index is 1.85. The van der Waals surface area contributed by atoms with Crippen molar-refractivity contribution in [3.05, 3.63) is 98.5 Å². The zero-order valence-electron chi connectivity index (χ0n) is 19.4. The van der Waals surface area contributed by atoms with E-state index in [2.05, 4.69) is 5.32 Å². The number of nitrogens with one attached hydrogen (secondary N) is 1. The van der Waals surface area contributed by atoms with E-state index in [4.69, 9.17) is 23.2 Å². The van der Waals surface area contributed by atoms with Crippen molar-refractivity contribution in [2.45, 2.75) is 38.6 Å². The highest BCUT2D eigenvalue weighted by Gasteiger charge is 2.30. The van der Waals surface area contributed by atoms with Crippen LogP contribution in [-0.4, -0.2) is 31.7 Å². The van der Waals surface area contributed by atoms with E-state index in [1.807, 2.05) is 49.4 Å². The van der Waals surface area contributed by atoms with E-state index in [0.717, 1.165) is 11.1 Å². The summed E-state index contributed by atoms with van der Waals surface area (Å²) in [4.78, 5) is 13.0. The van der Waals surface area contributed by atoms with E-state index in [9.17, 15) is 13.2 Å². The monoisotopic (exact) mass is 518 g/mol. The van der Waals surface area contributed by atoms with Crippen LogP contribution in [0.15, 0.2) is 65.6 Å². The molecule has 5 nitrogen and oxygen atoms in total. The molecule has 0 aliphatic carbocycles. The molecule has 180 valence electrons. The zero-order chi connectivity index (χ0) is 24.9. The van der Waals surface area contributed by atoms with E-state index in [0.29, 0.717) is 39.7 Å². The molecule has 0 aromatic heterocycles. The van der Waals surface area contributed by atoms with Crippen LogP contribution in [-0.2, 0) is 27.8 Å². The number of amides is 1. The van der Waals surface area contributed by atoms with Crippen LogP contribution in [0.5, 0.6) is 0 Å². The fourth-order valence-corrected chi connectivity index (χ4v) is 6.09. The summed E-state index contributed by atoms with van der Waals surface area (Å²) in [6, 6.07) is 18.4. The summed E-state index contributed by atoms with van der Waals surface area (Å²) in [7, 11) is -3.98. The van der Waals surface area contributed by atoms with E-state index >= 15 is 0 Å². The molecule has 0 radical (unpaired) electrons. The second-order valence-corrected chi connectivity index (χ2v) is 11.0. The second-order valence-electron chi connectivity index (χ2n) is 8.33. The Morgan fingerprint density at radius 3 is 2.15 bits per heavy atom. The Hall–Kier alpha value is -2.38. The quantitative estimate of drug-likeness (QED) is 0.408. The third kappa shape index (κ3) is 6.60. The van der Waals surface area contributed by atoms with Crippen LogP contribution in [0.1, 0.15) is 27.8 Å². The second kappa shape index (κ2) is 11.4. The predicted molar refractivity (Wildman–Crippen MR) is 138 cm³/mol. The molecule has 0 unspecified atom stereocenters. The number of aryl methyl sites for hydroxylation is 3. The summed E-state index contributed by atoms with van der Waals surface area (Å²) < 4.78 is 28.7. The molecule has 0 aliphatic rings. The molecule has 1 N–H and O–H groups in total. The van der Waals surface area contributed by atoms with Crippen molar-refractivity contribution < 1.29 is 13.2 Å². The van der Waals surface area contributed by atoms with Gasteiger partial charge in [-0.25, -0.2) is 8.42 Å². The van der Waals surface area contributed by atoms with Gasteiger partial charge in [-0.05, 0) is 61.6 Å². The van der Waals surface area contributed by atoms with Gasteiger partial charge in [0.1, 0.15) is 0 Å². The van der Waals surface area contributed by atoms with Gasteiger partial charge in [-0.2, -0.15) is 4.31 Å². The average molecular weight is 519 g/mol. The minimum absolute atomic E-state index is 0.0158. The van der Waals surface area contributed by atoms with Crippen LogP contribution in [0, 0.1) is 20.8 Å². The molecule has 1 amide bonds. The molecule has 34 heavy (non-hydrogen) atoms. The van der Waals surface area contributed by atoms with Crippen molar-refractivity contribution in [1.82, 2.24) is 9.62 Å². The molecule has 0 saturated heterocycles. The first-order chi connectivity index (χ1) is 16.1. The molecule has 8 heteroatoms. The van der Waals surface area contributed by atoms with E-state index in [-0.39, 0.29) is 23.9 Å². The fourth-order valence-electron chi connectivity index (χ4n) is 3.98. The van der Waals surface area contributed by atoms with Gasteiger partial charge >= 0.3 is 0 Å². The number of hydrogen-bond donors (Lipinski definition) is 1. The maximum atomic E-state index is 13.8. The third-order valence-corrected chi connectivity index (χ3v) is 8.28. The molecule has 0 aliphatic heterocycles. The van der Waals surface area contributed by atoms with Gasteiger partial charge in [0, 0.05) is 13.1 Å². The molecule has 0 heterocycles. The number of carbonyl (C=O) groups excluding carboxylic acids is 1. The molecule has 3 rings (SSSR count). The first-order valence-electron chi connectivity index (χ1n) is 10.9. The molecular formula is C26H28Cl2N2O3S. The highest BCUT2D eigenvalue weighted by Crippen LogP contribution is 2.28. The summed E-state index contributed by atoms with van der Waals surface area (Å²) in [6.07, 6.45) is 0.655. The third-order valence-electron chi connectivity index (χ3n) is 5.44. The highest BCUT2D eigenvalue weighted by atomic mass is 35.5. The van der Waals surface area contributed by atoms with Gasteiger partial charge < -0.3 is 5.32 Å². The lowest BCUT2D eigenvalue weighted by atomic mass is 10.1. The molecule has 3 aromatic carbocycles. The number of sulfonamides is 1. The predicted octanol–water partition coefficient (Wildman–Crippen LogP) is 5.47. The minimum Gasteiger partial charge on any atom is -0.355 e. The smallest absolute Gasteiger partial charge is 0.244 e. The first-order valence-corrected chi connectivity index (χ1v) is 13.1. The first kappa shape index (κ1) is 26.2. The van der Waals surface area contributed by atoms with Gasteiger partial charge in [-0.1, -0.05) is 77.3 Å². The molecule has 0 fully saturated rings. The number of halogens is 2. The SMILES string of the molecule is Cc1cc(C)c(S(=O)(=O)N(CC(=O)NCCc2ccccc2)Cc2ccc(Cl)c(Cl)c2)c(C)c1. The molecule has 0 atom stereocenters. The molecule has 0 saturated carbocycles. The Labute approximate surface area is 211 Å². The van der Waals surface area contributed by atoms with Crippen molar-refractivity contribution in [1.29, 1.82) is 0 Å². The number of carbonyl (C=O) groups is 1. The Bertz CT molecular complexity index is 1260. The van der Waals surface area contributed by atoms with Crippen LogP contribution < -0.4 is 5.32 Å². The van der Waals surface area contributed by atoms with Crippen LogP contribution in [0.4, 0.5) is 0 Å². The van der Waals surface area contributed by atoms with Crippen molar-refractivity contribution in [3.8, 4) is 0 Å². The Morgan fingerprint density at radius 1 is 0.882 bits per heavy atom. The minimum atomic E-state index is -3.98. The Morgan fingerprint density at radius 2 is 1.53 bits per heavy atom. The van der Waals surface area contributed by atoms with Gasteiger partial charge in [-0.15, -0.1) is 0 Å².